The Morgan fingerprint density at radius 1 is 1.15 bits per heavy atom. The number of benzene rings is 2. The molecule has 0 bridgehead atoms. The number of alkyl halides is 3. The summed E-state index contributed by atoms with van der Waals surface area (Å²) in [5.41, 5.74) is 0.548. The number of hydrogen-bond acceptors (Lipinski definition) is 4. The first-order chi connectivity index (χ1) is 12.4. The van der Waals surface area contributed by atoms with Crippen LogP contribution in [0.15, 0.2) is 54.7 Å². The van der Waals surface area contributed by atoms with E-state index in [1.807, 2.05) is 0 Å². The van der Waals surface area contributed by atoms with Gasteiger partial charge in [0.15, 0.2) is 0 Å². The van der Waals surface area contributed by atoms with Crippen LogP contribution in [0.25, 0.3) is 10.9 Å². The van der Waals surface area contributed by atoms with Gasteiger partial charge in [-0.3, -0.25) is 4.98 Å². The van der Waals surface area contributed by atoms with Crippen LogP contribution in [0.1, 0.15) is 22.8 Å². The minimum absolute atomic E-state index is 0.156. The number of ether oxygens (including phenoxy) is 1. The van der Waals surface area contributed by atoms with E-state index in [0.717, 1.165) is 12.1 Å². The first-order valence-electron chi connectivity index (χ1n) is 7.89. The summed E-state index contributed by atoms with van der Waals surface area (Å²) in [4.78, 5) is 16.5. The average Bonchev–Trinajstić information content (AvgIpc) is 2.62. The van der Waals surface area contributed by atoms with Crippen LogP contribution in [0, 0.1) is 0 Å². The van der Waals surface area contributed by atoms with E-state index in [4.69, 9.17) is 4.74 Å². The van der Waals surface area contributed by atoms with Crippen molar-refractivity contribution in [2.24, 2.45) is 0 Å². The number of carbonyl (C=O) groups excluding carboxylic acids is 1. The zero-order valence-electron chi connectivity index (χ0n) is 13.8. The van der Waals surface area contributed by atoms with Gasteiger partial charge in [0.05, 0.1) is 23.4 Å². The third-order valence-electron chi connectivity index (χ3n) is 3.73. The lowest BCUT2D eigenvalue weighted by Crippen LogP contribution is -2.10. The molecule has 26 heavy (non-hydrogen) atoms. The first kappa shape index (κ1) is 17.7. The van der Waals surface area contributed by atoms with Crippen molar-refractivity contribution in [1.29, 1.82) is 0 Å². The number of nitrogens with one attached hydrogen (secondary N) is 1. The topological polar surface area (TPSA) is 51.2 Å². The fourth-order valence-corrected chi connectivity index (χ4v) is 2.56. The Labute approximate surface area is 147 Å². The number of para-hydroxylation sites is 1. The summed E-state index contributed by atoms with van der Waals surface area (Å²) >= 11 is 0. The molecule has 0 atom stereocenters. The molecule has 4 nitrogen and oxygen atoms in total. The van der Waals surface area contributed by atoms with Crippen LogP contribution >= 0.6 is 0 Å². The standard InChI is InChI=1S/C19H15F3N2O2/c1-2-26-18(25)15-11-23-16-9-4-3-8-14(16)17(15)24-13-7-5-6-12(10-13)19(20,21)22/h3-11H,2H2,1H3,(H,23,24). The Morgan fingerprint density at radius 3 is 2.65 bits per heavy atom. The van der Waals surface area contributed by atoms with Gasteiger partial charge in [0, 0.05) is 17.3 Å². The van der Waals surface area contributed by atoms with E-state index >= 15 is 0 Å². The summed E-state index contributed by atoms with van der Waals surface area (Å²) in [6, 6.07) is 11.8. The summed E-state index contributed by atoms with van der Waals surface area (Å²) < 4.78 is 43.9. The second-order valence-corrected chi connectivity index (χ2v) is 5.49. The third kappa shape index (κ3) is 3.61. The van der Waals surface area contributed by atoms with Gasteiger partial charge in [-0.25, -0.2) is 4.79 Å². The zero-order valence-corrected chi connectivity index (χ0v) is 13.8. The fraction of sp³-hybridized carbons (Fsp3) is 0.158. The highest BCUT2D eigenvalue weighted by Crippen LogP contribution is 2.33. The van der Waals surface area contributed by atoms with Gasteiger partial charge in [-0.2, -0.15) is 13.2 Å². The van der Waals surface area contributed by atoms with Crippen molar-refractivity contribution in [1.82, 2.24) is 4.98 Å². The van der Waals surface area contributed by atoms with Crippen LogP contribution in [-0.2, 0) is 10.9 Å². The fourth-order valence-electron chi connectivity index (χ4n) is 2.56. The van der Waals surface area contributed by atoms with Crippen LogP contribution in [-0.4, -0.2) is 17.6 Å². The molecule has 134 valence electrons. The van der Waals surface area contributed by atoms with E-state index in [2.05, 4.69) is 10.3 Å². The SMILES string of the molecule is CCOC(=O)c1cnc2ccccc2c1Nc1cccc(C(F)(F)F)c1. The normalized spacial score (nSPS) is 11.4. The summed E-state index contributed by atoms with van der Waals surface area (Å²) in [7, 11) is 0. The highest BCUT2D eigenvalue weighted by atomic mass is 19.4. The third-order valence-corrected chi connectivity index (χ3v) is 3.73. The van der Waals surface area contributed by atoms with Crippen LogP contribution in [0.5, 0.6) is 0 Å². The average molecular weight is 360 g/mol. The maximum absolute atomic E-state index is 13.0. The Hall–Kier alpha value is -3.09. The quantitative estimate of drug-likeness (QED) is 0.652. The van der Waals surface area contributed by atoms with Gasteiger partial charge in [0.1, 0.15) is 5.56 Å². The van der Waals surface area contributed by atoms with E-state index in [-0.39, 0.29) is 17.9 Å². The number of carbonyl (C=O) groups is 1. The van der Waals surface area contributed by atoms with E-state index in [1.54, 1.807) is 31.2 Å². The lowest BCUT2D eigenvalue weighted by Gasteiger charge is -2.15. The molecule has 0 unspecified atom stereocenters. The van der Waals surface area contributed by atoms with E-state index in [9.17, 15) is 18.0 Å². The minimum Gasteiger partial charge on any atom is -0.462 e. The Kier molecular flexibility index (Phi) is 4.79. The molecule has 7 heteroatoms. The molecule has 0 saturated carbocycles. The van der Waals surface area contributed by atoms with Crippen molar-refractivity contribution in [2.75, 3.05) is 11.9 Å². The highest BCUT2D eigenvalue weighted by molar-refractivity contribution is 6.06. The van der Waals surface area contributed by atoms with Crippen LogP contribution in [0.2, 0.25) is 0 Å². The summed E-state index contributed by atoms with van der Waals surface area (Å²) in [6.07, 6.45) is -3.10. The van der Waals surface area contributed by atoms with Gasteiger partial charge in [0.25, 0.3) is 0 Å². The summed E-state index contributed by atoms with van der Waals surface area (Å²) in [5, 5.41) is 3.53. The molecule has 0 fully saturated rings. The maximum Gasteiger partial charge on any atom is 0.416 e. The zero-order chi connectivity index (χ0) is 18.7. The first-order valence-corrected chi connectivity index (χ1v) is 7.89. The van der Waals surface area contributed by atoms with Gasteiger partial charge >= 0.3 is 12.1 Å². The summed E-state index contributed by atoms with van der Waals surface area (Å²) in [6.45, 7) is 1.85. The number of anilines is 2. The molecule has 0 saturated heterocycles. The number of rotatable bonds is 4. The Bertz CT molecular complexity index is 955. The van der Waals surface area contributed by atoms with Gasteiger partial charge < -0.3 is 10.1 Å². The predicted molar refractivity (Wildman–Crippen MR) is 92.4 cm³/mol. The van der Waals surface area contributed by atoms with Crippen molar-refractivity contribution in [2.45, 2.75) is 13.1 Å². The highest BCUT2D eigenvalue weighted by Gasteiger charge is 2.30. The van der Waals surface area contributed by atoms with Crippen molar-refractivity contribution >= 4 is 28.2 Å². The number of aromatic nitrogens is 1. The molecule has 0 aliphatic rings. The molecule has 1 N–H and O–H groups in total. The lowest BCUT2D eigenvalue weighted by molar-refractivity contribution is -0.137. The van der Waals surface area contributed by atoms with Gasteiger partial charge in [-0.1, -0.05) is 24.3 Å². The molecule has 1 aromatic heterocycles. The lowest BCUT2D eigenvalue weighted by atomic mass is 10.1. The number of esters is 1. The molecule has 3 aromatic rings. The number of pyridine rings is 1. The van der Waals surface area contributed by atoms with E-state index in [0.29, 0.717) is 16.6 Å². The molecular weight excluding hydrogens is 345 g/mol. The van der Waals surface area contributed by atoms with Crippen LogP contribution in [0.4, 0.5) is 24.5 Å². The van der Waals surface area contributed by atoms with Crippen molar-refractivity contribution in [3.05, 3.63) is 65.9 Å². The Balaban J connectivity index is 2.11. The second kappa shape index (κ2) is 7.03. The molecule has 1 heterocycles. The molecule has 0 spiro atoms. The van der Waals surface area contributed by atoms with E-state index in [1.165, 1.54) is 18.3 Å². The minimum atomic E-state index is -4.46. The second-order valence-electron chi connectivity index (χ2n) is 5.49. The molecule has 0 radical (unpaired) electrons. The smallest absolute Gasteiger partial charge is 0.416 e. The summed E-state index contributed by atoms with van der Waals surface area (Å²) in [5.74, 6) is -0.597. The largest absolute Gasteiger partial charge is 0.462 e. The molecule has 0 aliphatic carbocycles. The molecular formula is C19H15F3N2O2. The van der Waals surface area contributed by atoms with Crippen molar-refractivity contribution < 1.29 is 22.7 Å². The maximum atomic E-state index is 13.0. The van der Waals surface area contributed by atoms with Crippen LogP contribution in [0.3, 0.4) is 0 Å². The van der Waals surface area contributed by atoms with Gasteiger partial charge in [-0.05, 0) is 31.2 Å². The monoisotopic (exact) mass is 360 g/mol. The van der Waals surface area contributed by atoms with Gasteiger partial charge in [0.2, 0.25) is 0 Å². The van der Waals surface area contributed by atoms with Crippen LogP contribution < -0.4 is 5.32 Å². The predicted octanol–water partition coefficient (Wildman–Crippen LogP) is 5.17. The van der Waals surface area contributed by atoms with Crippen molar-refractivity contribution in [3.8, 4) is 0 Å². The number of hydrogen-bond donors (Lipinski definition) is 1. The molecule has 3 rings (SSSR count). The molecule has 0 amide bonds. The van der Waals surface area contributed by atoms with Gasteiger partial charge in [-0.15, -0.1) is 0 Å². The van der Waals surface area contributed by atoms with E-state index < -0.39 is 17.7 Å². The molecule has 0 aliphatic heterocycles. The number of fused-ring (bicyclic) bond motifs is 1. The number of halogens is 3. The Morgan fingerprint density at radius 2 is 1.92 bits per heavy atom. The molecule has 2 aromatic carbocycles. The van der Waals surface area contributed by atoms with Crippen molar-refractivity contribution in [3.63, 3.8) is 0 Å². The number of nitrogens with zero attached hydrogens (tertiary/aromatic N) is 1.